The van der Waals surface area contributed by atoms with Gasteiger partial charge in [-0.3, -0.25) is 14.9 Å². The van der Waals surface area contributed by atoms with Crippen molar-refractivity contribution in [2.24, 2.45) is 0 Å². The van der Waals surface area contributed by atoms with Gasteiger partial charge >= 0.3 is 0 Å². The molecule has 0 atom stereocenters. The molecule has 3 aromatic rings. The molecule has 9 nitrogen and oxygen atoms in total. The molecule has 1 aliphatic heterocycles. The van der Waals surface area contributed by atoms with E-state index < -0.39 is 0 Å². The molecule has 3 aromatic heterocycles. The highest BCUT2D eigenvalue weighted by molar-refractivity contribution is 7.14. The van der Waals surface area contributed by atoms with E-state index in [4.69, 9.17) is 4.42 Å². The molecule has 0 bridgehead atoms. The van der Waals surface area contributed by atoms with Gasteiger partial charge in [-0.15, -0.1) is 11.3 Å². The Bertz CT molecular complexity index is 1100. The minimum absolute atomic E-state index is 0.0161. The Morgan fingerprint density at radius 2 is 2.13 bits per heavy atom. The van der Waals surface area contributed by atoms with Gasteiger partial charge in [-0.1, -0.05) is 0 Å². The van der Waals surface area contributed by atoms with Gasteiger partial charge in [-0.05, 0) is 30.7 Å². The van der Waals surface area contributed by atoms with Crippen LogP contribution in [-0.2, 0) is 11.2 Å². The summed E-state index contributed by atoms with van der Waals surface area (Å²) in [4.78, 5) is 37.4. The minimum Gasteiger partial charge on any atom is -0.459 e. The SMILES string of the molecule is N#Cc1cccnc1N1CCCN(C(=O)Cc2csc(NC(=O)c3ccco3)n2)CC1. The number of anilines is 2. The van der Waals surface area contributed by atoms with Gasteiger partial charge in [-0.25, -0.2) is 9.97 Å². The summed E-state index contributed by atoms with van der Waals surface area (Å²) in [6.45, 7) is 2.52. The van der Waals surface area contributed by atoms with Gasteiger partial charge in [0.2, 0.25) is 5.91 Å². The van der Waals surface area contributed by atoms with Crippen molar-refractivity contribution < 1.29 is 14.0 Å². The number of carbonyl (C=O) groups excluding carboxylic acids is 2. The van der Waals surface area contributed by atoms with Gasteiger partial charge in [0.05, 0.1) is 23.9 Å². The van der Waals surface area contributed by atoms with Crippen LogP contribution in [0.3, 0.4) is 0 Å². The summed E-state index contributed by atoms with van der Waals surface area (Å²) < 4.78 is 5.06. The predicted octanol–water partition coefficient (Wildman–Crippen LogP) is 2.54. The van der Waals surface area contributed by atoms with Crippen LogP contribution in [0.2, 0.25) is 0 Å². The lowest BCUT2D eigenvalue weighted by Crippen LogP contribution is -2.36. The van der Waals surface area contributed by atoms with Crippen molar-refractivity contribution in [2.75, 3.05) is 36.4 Å². The number of hydrogen-bond donors (Lipinski definition) is 1. The molecule has 0 saturated carbocycles. The number of hydrogen-bond acceptors (Lipinski definition) is 8. The zero-order valence-corrected chi connectivity index (χ0v) is 17.5. The van der Waals surface area contributed by atoms with Gasteiger partial charge in [0.25, 0.3) is 5.91 Å². The van der Waals surface area contributed by atoms with Crippen LogP contribution in [0.25, 0.3) is 0 Å². The van der Waals surface area contributed by atoms with E-state index in [0.717, 1.165) is 13.0 Å². The van der Waals surface area contributed by atoms with E-state index in [1.807, 2.05) is 4.90 Å². The van der Waals surface area contributed by atoms with Crippen LogP contribution < -0.4 is 10.2 Å². The molecule has 1 fully saturated rings. The van der Waals surface area contributed by atoms with Gasteiger partial charge in [0.1, 0.15) is 11.9 Å². The largest absolute Gasteiger partial charge is 0.459 e. The number of furan rings is 1. The van der Waals surface area contributed by atoms with Crippen LogP contribution in [0, 0.1) is 11.3 Å². The quantitative estimate of drug-likeness (QED) is 0.653. The van der Waals surface area contributed by atoms with Crippen molar-refractivity contribution in [3.8, 4) is 6.07 Å². The fourth-order valence-electron chi connectivity index (χ4n) is 3.39. The predicted molar refractivity (Wildman–Crippen MR) is 115 cm³/mol. The second kappa shape index (κ2) is 9.40. The normalized spacial score (nSPS) is 14.0. The molecule has 158 valence electrons. The Morgan fingerprint density at radius 3 is 2.94 bits per heavy atom. The fourth-order valence-corrected chi connectivity index (χ4v) is 4.10. The molecule has 0 spiro atoms. The lowest BCUT2D eigenvalue weighted by molar-refractivity contribution is -0.130. The smallest absolute Gasteiger partial charge is 0.293 e. The lowest BCUT2D eigenvalue weighted by Gasteiger charge is -2.23. The van der Waals surface area contributed by atoms with Gasteiger partial charge in [0, 0.05) is 37.8 Å². The van der Waals surface area contributed by atoms with Crippen LogP contribution in [0.5, 0.6) is 0 Å². The van der Waals surface area contributed by atoms with E-state index in [2.05, 4.69) is 26.3 Å². The standard InChI is InChI=1S/C21H20N6O3S/c22-13-15-4-1-6-23-19(15)27-8-3-7-26(9-10-27)18(28)12-16-14-31-21(24-16)25-20(29)17-5-2-11-30-17/h1-2,4-6,11,14H,3,7-10,12H2,(H,24,25,29). The maximum Gasteiger partial charge on any atom is 0.293 e. The summed E-state index contributed by atoms with van der Waals surface area (Å²) in [6, 6.07) is 8.88. The molecular formula is C21H20N6O3S. The zero-order chi connectivity index (χ0) is 21.6. The number of nitriles is 1. The molecule has 1 saturated heterocycles. The molecule has 0 unspecified atom stereocenters. The Balaban J connectivity index is 1.34. The molecule has 2 amide bonds. The molecule has 4 rings (SSSR count). The van der Waals surface area contributed by atoms with Crippen molar-refractivity contribution in [3.05, 3.63) is 59.1 Å². The number of thiazole rings is 1. The van der Waals surface area contributed by atoms with E-state index in [1.165, 1.54) is 17.6 Å². The van der Waals surface area contributed by atoms with Crippen LogP contribution in [0.4, 0.5) is 10.9 Å². The molecule has 0 radical (unpaired) electrons. The Kier molecular flexibility index (Phi) is 6.24. The molecule has 1 aliphatic rings. The average Bonchev–Trinajstić information content (AvgIpc) is 3.41. The maximum atomic E-state index is 12.8. The Morgan fingerprint density at radius 1 is 1.23 bits per heavy atom. The highest BCUT2D eigenvalue weighted by Gasteiger charge is 2.22. The van der Waals surface area contributed by atoms with Crippen molar-refractivity contribution in [3.63, 3.8) is 0 Å². The summed E-state index contributed by atoms with van der Waals surface area (Å²) >= 11 is 1.27. The highest BCUT2D eigenvalue weighted by Crippen LogP contribution is 2.20. The third kappa shape index (κ3) is 4.90. The monoisotopic (exact) mass is 436 g/mol. The summed E-state index contributed by atoms with van der Waals surface area (Å²) in [5.74, 6) is 0.471. The maximum absolute atomic E-state index is 12.8. The first-order valence-electron chi connectivity index (χ1n) is 9.81. The molecule has 4 heterocycles. The van der Waals surface area contributed by atoms with Crippen LogP contribution in [0.15, 0.2) is 46.5 Å². The second-order valence-electron chi connectivity index (χ2n) is 6.96. The third-order valence-corrected chi connectivity index (χ3v) is 5.71. The molecule has 0 aliphatic carbocycles. The van der Waals surface area contributed by atoms with E-state index >= 15 is 0 Å². The Hall–Kier alpha value is -3.71. The van der Waals surface area contributed by atoms with Crippen LogP contribution >= 0.6 is 11.3 Å². The topological polar surface area (TPSA) is 115 Å². The fraction of sp³-hybridized carbons (Fsp3) is 0.286. The first kappa shape index (κ1) is 20.6. The van der Waals surface area contributed by atoms with Crippen molar-refractivity contribution >= 4 is 34.1 Å². The summed E-state index contributed by atoms with van der Waals surface area (Å²) in [5, 5.41) is 14.2. The first-order chi connectivity index (χ1) is 15.1. The van der Waals surface area contributed by atoms with Crippen molar-refractivity contribution in [2.45, 2.75) is 12.8 Å². The number of rotatable bonds is 5. The summed E-state index contributed by atoms with van der Waals surface area (Å²) in [7, 11) is 0. The number of aromatic nitrogens is 2. The molecule has 1 N–H and O–H groups in total. The van der Waals surface area contributed by atoms with Gasteiger partial charge < -0.3 is 14.2 Å². The number of carbonyl (C=O) groups is 2. The van der Waals surface area contributed by atoms with Crippen molar-refractivity contribution in [1.82, 2.24) is 14.9 Å². The molecule has 0 aromatic carbocycles. The third-order valence-electron chi connectivity index (χ3n) is 4.90. The Labute approximate surface area is 182 Å². The molecule has 31 heavy (non-hydrogen) atoms. The summed E-state index contributed by atoms with van der Waals surface area (Å²) in [5.41, 5.74) is 1.15. The number of nitrogens with zero attached hydrogens (tertiary/aromatic N) is 5. The van der Waals surface area contributed by atoms with Crippen molar-refractivity contribution in [1.29, 1.82) is 5.26 Å². The number of nitrogens with one attached hydrogen (secondary N) is 1. The first-order valence-corrected chi connectivity index (χ1v) is 10.7. The highest BCUT2D eigenvalue weighted by atomic mass is 32.1. The zero-order valence-electron chi connectivity index (χ0n) is 16.7. The van der Waals surface area contributed by atoms with E-state index in [0.29, 0.717) is 41.8 Å². The van der Waals surface area contributed by atoms with E-state index in [1.54, 1.807) is 35.8 Å². The molecule has 10 heteroatoms. The van der Waals surface area contributed by atoms with Gasteiger partial charge in [-0.2, -0.15) is 5.26 Å². The lowest BCUT2D eigenvalue weighted by atomic mass is 10.2. The number of amides is 2. The van der Waals surface area contributed by atoms with Crippen LogP contribution in [-0.4, -0.2) is 52.9 Å². The second-order valence-corrected chi connectivity index (χ2v) is 7.82. The number of pyridine rings is 1. The minimum atomic E-state index is -0.379. The van der Waals surface area contributed by atoms with E-state index in [-0.39, 0.29) is 24.0 Å². The van der Waals surface area contributed by atoms with Gasteiger partial charge in [0.15, 0.2) is 10.9 Å². The van der Waals surface area contributed by atoms with E-state index in [9.17, 15) is 14.9 Å². The van der Waals surface area contributed by atoms with Crippen LogP contribution in [0.1, 0.15) is 28.2 Å². The average molecular weight is 436 g/mol. The molecular weight excluding hydrogens is 416 g/mol. The summed E-state index contributed by atoms with van der Waals surface area (Å²) in [6.07, 6.45) is 4.06.